The molecule has 1 atom stereocenters. The average Bonchev–Trinajstić information content (AvgIpc) is 3.31. The molecule has 0 radical (unpaired) electrons. The Bertz CT molecular complexity index is 1060. The van der Waals surface area contributed by atoms with Gasteiger partial charge in [0, 0.05) is 28.7 Å². The maximum atomic E-state index is 8.03. The van der Waals surface area contributed by atoms with Crippen molar-refractivity contribution in [1.82, 2.24) is 9.97 Å². The molecule has 4 rings (SSSR count). The molecule has 0 spiro atoms. The van der Waals surface area contributed by atoms with E-state index in [1.165, 1.54) is 31.9 Å². The summed E-state index contributed by atoms with van der Waals surface area (Å²) >= 11 is 14.5. The Morgan fingerprint density at radius 3 is 2.53 bits per heavy atom. The minimum atomic E-state index is -0.222. The van der Waals surface area contributed by atoms with E-state index in [0.717, 1.165) is 11.3 Å². The third kappa shape index (κ3) is 5.94. The molecular weight excluding hydrogens is 461 g/mol. The Morgan fingerprint density at radius 1 is 1.06 bits per heavy atom. The number of thioether (sulfide) groups is 1. The summed E-state index contributed by atoms with van der Waals surface area (Å²) in [5, 5.41) is 16.3. The molecule has 32 heavy (non-hydrogen) atoms. The maximum Gasteiger partial charge on any atom is 0.191 e. The third-order valence-electron chi connectivity index (χ3n) is 5.34. The summed E-state index contributed by atoms with van der Waals surface area (Å²) < 4.78 is 0. The Balaban J connectivity index is 1.62. The van der Waals surface area contributed by atoms with E-state index in [2.05, 4.69) is 10.6 Å². The van der Waals surface area contributed by atoms with E-state index >= 15 is 0 Å². The SMILES string of the molecule is N=Cc1c(NCC(Cl)c2ccccc2)nc(SC2CCCC2)nc1Nc1cccc(Cl)c1. The highest BCUT2D eigenvalue weighted by Crippen LogP contribution is 2.35. The van der Waals surface area contributed by atoms with Gasteiger partial charge in [-0.2, -0.15) is 0 Å². The van der Waals surface area contributed by atoms with E-state index in [9.17, 15) is 0 Å². The molecule has 3 N–H and O–H groups in total. The van der Waals surface area contributed by atoms with Crippen LogP contribution < -0.4 is 10.6 Å². The van der Waals surface area contributed by atoms with Crippen molar-refractivity contribution in [3.63, 3.8) is 0 Å². The maximum absolute atomic E-state index is 8.03. The lowest BCUT2D eigenvalue weighted by Gasteiger charge is -2.18. The predicted octanol–water partition coefficient (Wildman–Crippen LogP) is 7.30. The minimum absolute atomic E-state index is 0.222. The van der Waals surface area contributed by atoms with Gasteiger partial charge in [-0.05, 0) is 36.6 Å². The normalized spacial score (nSPS) is 14.8. The second kappa shape index (κ2) is 11.0. The van der Waals surface area contributed by atoms with Crippen LogP contribution in [-0.2, 0) is 0 Å². The van der Waals surface area contributed by atoms with Crippen LogP contribution >= 0.6 is 35.0 Å². The van der Waals surface area contributed by atoms with E-state index in [1.54, 1.807) is 11.8 Å². The summed E-state index contributed by atoms with van der Waals surface area (Å²) in [7, 11) is 0. The zero-order valence-corrected chi connectivity index (χ0v) is 19.9. The standard InChI is InChI=1S/C24H25Cl2N5S/c25-17-9-6-10-18(13-17)29-23-20(14-27)22(28-15-21(26)16-7-2-1-3-8-16)30-24(31-23)32-19-11-4-5-12-19/h1-3,6-10,13-14,19,21,27H,4-5,11-12,15H2,(H2,28,29,30,31). The molecule has 0 aliphatic heterocycles. The fourth-order valence-corrected chi connectivity index (χ4v) is 5.26. The number of anilines is 3. The summed E-state index contributed by atoms with van der Waals surface area (Å²) in [6.07, 6.45) is 6.13. The van der Waals surface area contributed by atoms with E-state index < -0.39 is 0 Å². The molecule has 3 aromatic rings. The molecule has 1 aliphatic rings. The van der Waals surface area contributed by atoms with Crippen LogP contribution in [0.25, 0.3) is 0 Å². The quantitative estimate of drug-likeness (QED) is 0.168. The number of aromatic nitrogens is 2. The largest absolute Gasteiger partial charge is 0.367 e. The molecule has 166 valence electrons. The van der Waals surface area contributed by atoms with Crippen LogP contribution in [0.4, 0.5) is 17.3 Å². The number of nitrogens with zero attached hydrogens (tertiary/aromatic N) is 2. The highest BCUT2D eigenvalue weighted by atomic mass is 35.5. The monoisotopic (exact) mass is 485 g/mol. The zero-order chi connectivity index (χ0) is 22.3. The fraction of sp³-hybridized carbons (Fsp3) is 0.292. The minimum Gasteiger partial charge on any atom is -0.367 e. The molecular formula is C24H25Cl2N5S. The molecule has 1 heterocycles. The van der Waals surface area contributed by atoms with Crippen LogP contribution in [0.15, 0.2) is 59.8 Å². The molecule has 2 aromatic carbocycles. The van der Waals surface area contributed by atoms with Crippen molar-refractivity contribution < 1.29 is 0 Å². The molecule has 1 aliphatic carbocycles. The van der Waals surface area contributed by atoms with Crippen molar-refractivity contribution in [1.29, 1.82) is 5.41 Å². The number of halogens is 2. The highest BCUT2D eigenvalue weighted by Gasteiger charge is 2.21. The van der Waals surface area contributed by atoms with E-state index in [-0.39, 0.29) is 5.38 Å². The first-order chi connectivity index (χ1) is 15.6. The van der Waals surface area contributed by atoms with E-state index in [0.29, 0.717) is 39.2 Å². The molecule has 0 amide bonds. The fourth-order valence-electron chi connectivity index (χ4n) is 3.69. The molecule has 1 saturated carbocycles. The smallest absolute Gasteiger partial charge is 0.191 e. The second-order valence-electron chi connectivity index (χ2n) is 7.68. The van der Waals surface area contributed by atoms with Crippen molar-refractivity contribution >= 4 is 58.5 Å². The number of hydrogen-bond acceptors (Lipinski definition) is 6. The van der Waals surface area contributed by atoms with Crippen LogP contribution in [0.3, 0.4) is 0 Å². The summed E-state index contributed by atoms with van der Waals surface area (Å²) in [6.45, 7) is 0.480. The van der Waals surface area contributed by atoms with E-state index in [1.807, 2.05) is 54.6 Å². The van der Waals surface area contributed by atoms with Gasteiger partial charge in [0.25, 0.3) is 0 Å². The van der Waals surface area contributed by atoms with Gasteiger partial charge in [0.15, 0.2) is 5.16 Å². The molecule has 1 unspecified atom stereocenters. The summed E-state index contributed by atoms with van der Waals surface area (Å²) in [6, 6.07) is 17.4. The average molecular weight is 486 g/mol. The number of rotatable bonds is 9. The van der Waals surface area contributed by atoms with Gasteiger partial charge in [0.2, 0.25) is 0 Å². The second-order valence-corrected chi connectivity index (χ2v) is 9.91. The summed E-state index contributed by atoms with van der Waals surface area (Å²) in [5.41, 5.74) is 2.42. The number of benzene rings is 2. The lowest BCUT2D eigenvalue weighted by atomic mass is 10.1. The highest BCUT2D eigenvalue weighted by molar-refractivity contribution is 7.99. The first-order valence-corrected chi connectivity index (χ1v) is 12.4. The van der Waals surface area contributed by atoms with Gasteiger partial charge in [0.05, 0.1) is 10.9 Å². The van der Waals surface area contributed by atoms with Crippen LogP contribution in [-0.4, -0.2) is 28.0 Å². The molecule has 0 saturated heterocycles. The topological polar surface area (TPSA) is 73.7 Å². The first kappa shape index (κ1) is 22.9. The zero-order valence-electron chi connectivity index (χ0n) is 17.5. The van der Waals surface area contributed by atoms with Gasteiger partial charge in [-0.3, -0.25) is 0 Å². The lowest BCUT2D eigenvalue weighted by molar-refractivity contribution is 0.881. The number of nitrogens with one attached hydrogen (secondary N) is 3. The molecule has 0 bridgehead atoms. The van der Waals surface area contributed by atoms with Gasteiger partial charge < -0.3 is 16.0 Å². The van der Waals surface area contributed by atoms with Crippen molar-refractivity contribution in [3.05, 3.63) is 70.7 Å². The molecule has 5 nitrogen and oxygen atoms in total. The summed E-state index contributed by atoms with van der Waals surface area (Å²) in [5.74, 6) is 1.17. The summed E-state index contributed by atoms with van der Waals surface area (Å²) in [4.78, 5) is 9.51. The van der Waals surface area contributed by atoms with Crippen LogP contribution in [0.2, 0.25) is 5.02 Å². The Labute approximate surface area is 202 Å². The van der Waals surface area contributed by atoms with Gasteiger partial charge in [0.1, 0.15) is 11.6 Å². The van der Waals surface area contributed by atoms with Crippen LogP contribution in [0.5, 0.6) is 0 Å². The van der Waals surface area contributed by atoms with Crippen LogP contribution in [0.1, 0.15) is 42.2 Å². The number of hydrogen-bond donors (Lipinski definition) is 3. The Morgan fingerprint density at radius 2 is 1.81 bits per heavy atom. The third-order valence-corrected chi connectivity index (χ3v) is 7.18. The molecule has 1 aromatic heterocycles. The Kier molecular flexibility index (Phi) is 7.90. The Hall–Kier alpha value is -2.28. The van der Waals surface area contributed by atoms with Crippen molar-refractivity contribution in [2.24, 2.45) is 0 Å². The number of alkyl halides is 1. The van der Waals surface area contributed by atoms with Gasteiger partial charge >= 0.3 is 0 Å². The van der Waals surface area contributed by atoms with Crippen molar-refractivity contribution in [2.45, 2.75) is 41.5 Å². The van der Waals surface area contributed by atoms with Gasteiger partial charge in [-0.15, -0.1) is 11.6 Å². The van der Waals surface area contributed by atoms with Crippen molar-refractivity contribution in [2.75, 3.05) is 17.2 Å². The predicted molar refractivity (Wildman–Crippen MR) is 136 cm³/mol. The first-order valence-electron chi connectivity index (χ1n) is 10.7. The van der Waals surface area contributed by atoms with Crippen LogP contribution in [0, 0.1) is 5.41 Å². The van der Waals surface area contributed by atoms with Crippen molar-refractivity contribution in [3.8, 4) is 0 Å². The molecule has 1 fully saturated rings. The van der Waals surface area contributed by atoms with Gasteiger partial charge in [-0.1, -0.05) is 72.6 Å². The molecule has 8 heteroatoms. The lowest BCUT2D eigenvalue weighted by Crippen LogP contribution is -2.14. The van der Waals surface area contributed by atoms with E-state index in [4.69, 9.17) is 38.6 Å². The van der Waals surface area contributed by atoms with Gasteiger partial charge in [-0.25, -0.2) is 9.97 Å².